The van der Waals surface area contributed by atoms with Gasteiger partial charge in [-0.3, -0.25) is 9.52 Å². The van der Waals surface area contributed by atoms with Gasteiger partial charge in [-0.1, -0.05) is 11.6 Å². The fraction of sp³-hybridized carbons (Fsp3) is 0.417. The van der Waals surface area contributed by atoms with Gasteiger partial charge in [-0.2, -0.15) is 0 Å². The van der Waals surface area contributed by atoms with Crippen molar-refractivity contribution in [1.29, 1.82) is 0 Å². The van der Waals surface area contributed by atoms with E-state index in [0.717, 1.165) is 19.2 Å². The summed E-state index contributed by atoms with van der Waals surface area (Å²) in [6.45, 7) is 1.46. The van der Waals surface area contributed by atoms with Gasteiger partial charge in [0, 0.05) is 6.54 Å². The maximum Gasteiger partial charge on any atom is 0.229 e. The van der Waals surface area contributed by atoms with Crippen LogP contribution in [-0.2, 0) is 14.8 Å². The third-order valence-corrected chi connectivity index (χ3v) is 3.89. The topological polar surface area (TPSA) is 87.3 Å². The molecule has 20 heavy (non-hydrogen) atoms. The molecule has 3 N–H and O–H groups in total. The van der Waals surface area contributed by atoms with Gasteiger partial charge in [-0.05, 0) is 31.2 Å². The van der Waals surface area contributed by atoms with E-state index in [1.54, 1.807) is 0 Å². The minimum absolute atomic E-state index is 0.0856. The van der Waals surface area contributed by atoms with E-state index in [9.17, 15) is 13.2 Å². The fourth-order valence-corrected chi connectivity index (χ4v) is 2.73. The Balaban J connectivity index is 2.14. The van der Waals surface area contributed by atoms with Crippen molar-refractivity contribution in [3.8, 4) is 0 Å². The highest BCUT2D eigenvalue weighted by molar-refractivity contribution is 7.92. The molecule has 110 valence electrons. The summed E-state index contributed by atoms with van der Waals surface area (Å²) in [5.74, 6) is -0.203. The summed E-state index contributed by atoms with van der Waals surface area (Å²) in [5, 5.41) is 6.21. The van der Waals surface area contributed by atoms with Crippen molar-refractivity contribution >= 4 is 38.9 Å². The molecule has 1 aromatic rings. The molecule has 1 amide bonds. The second-order valence-electron chi connectivity index (χ2n) is 4.75. The second kappa shape index (κ2) is 5.99. The average molecular weight is 318 g/mol. The highest BCUT2D eigenvalue weighted by Crippen LogP contribution is 2.27. The van der Waals surface area contributed by atoms with Crippen LogP contribution >= 0.6 is 11.6 Å². The standard InChI is InChI=1S/C12H16ClN3O3S/c1-20(18,19)16-9-2-3-10(13)11(6-9)15-12(17)8-4-5-14-7-8/h2-3,6,8,14,16H,4-5,7H2,1H3,(H,15,17). The zero-order chi connectivity index (χ0) is 14.8. The first-order valence-corrected chi connectivity index (χ1v) is 8.41. The van der Waals surface area contributed by atoms with Crippen LogP contribution in [0.4, 0.5) is 11.4 Å². The lowest BCUT2D eigenvalue weighted by Gasteiger charge is -2.13. The molecule has 0 aromatic heterocycles. The van der Waals surface area contributed by atoms with Gasteiger partial charge in [-0.15, -0.1) is 0 Å². The summed E-state index contributed by atoms with van der Waals surface area (Å²) in [6.07, 6.45) is 1.84. The number of anilines is 2. The minimum Gasteiger partial charge on any atom is -0.324 e. The van der Waals surface area contributed by atoms with Gasteiger partial charge in [0.1, 0.15) is 0 Å². The van der Waals surface area contributed by atoms with Crippen LogP contribution in [0.25, 0.3) is 0 Å². The predicted molar refractivity (Wildman–Crippen MR) is 79.5 cm³/mol. The minimum atomic E-state index is -3.37. The largest absolute Gasteiger partial charge is 0.324 e. The molecule has 2 rings (SSSR count). The Kier molecular flexibility index (Phi) is 4.52. The molecule has 1 heterocycles. The van der Waals surface area contributed by atoms with E-state index < -0.39 is 10.0 Å². The molecule has 1 aliphatic heterocycles. The van der Waals surface area contributed by atoms with Crippen molar-refractivity contribution in [2.75, 3.05) is 29.4 Å². The predicted octanol–water partition coefficient (Wildman–Crippen LogP) is 1.26. The first-order chi connectivity index (χ1) is 9.35. The van der Waals surface area contributed by atoms with Gasteiger partial charge in [0.15, 0.2) is 0 Å². The normalized spacial score (nSPS) is 18.8. The molecule has 1 atom stereocenters. The van der Waals surface area contributed by atoms with Gasteiger partial charge < -0.3 is 10.6 Å². The van der Waals surface area contributed by atoms with Crippen molar-refractivity contribution in [3.63, 3.8) is 0 Å². The van der Waals surface area contributed by atoms with E-state index in [4.69, 9.17) is 11.6 Å². The molecule has 0 bridgehead atoms. The van der Waals surface area contributed by atoms with Crippen LogP contribution in [0.3, 0.4) is 0 Å². The van der Waals surface area contributed by atoms with Gasteiger partial charge in [0.25, 0.3) is 0 Å². The van der Waals surface area contributed by atoms with Crippen molar-refractivity contribution in [2.24, 2.45) is 5.92 Å². The molecule has 0 saturated carbocycles. The Morgan fingerprint density at radius 3 is 2.80 bits per heavy atom. The molecule has 8 heteroatoms. The summed E-state index contributed by atoms with van der Waals surface area (Å²) in [6, 6.07) is 4.58. The Labute approximate surface area is 122 Å². The molecule has 1 fully saturated rings. The van der Waals surface area contributed by atoms with Crippen molar-refractivity contribution in [1.82, 2.24) is 5.32 Å². The van der Waals surface area contributed by atoms with Crippen LogP contribution in [0, 0.1) is 5.92 Å². The average Bonchev–Trinajstić information content (AvgIpc) is 2.85. The number of hydrogen-bond acceptors (Lipinski definition) is 4. The van der Waals surface area contributed by atoms with E-state index in [2.05, 4.69) is 15.4 Å². The van der Waals surface area contributed by atoms with E-state index in [1.165, 1.54) is 18.2 Å². The van der Waals surface area contributed by atoms with Gasteiger partial charge in [-0.25, -0.2) is 8.42 Å². The monoisotopic (exact) mass is 317 g/mol. The lowest BCUT2D eigenvalue weighted by Crippen LogP contribution is -2.24. The highest BCUT2D eigenvalue weighted by atomic mass is 35.5. The molecule has 6 nitrogen and oxygen atoms in total. The smallest absolute Gasteiger partial charge is 0.229 e. The van der Waals surface area contributed by atoms with Crippen molar-refractivity contribution in [2.45, 2.75) is 6.42 Å². The molecule has 0 radical (unpaired) electrons. The lowest BCUT2D eigenvalue weighted by atomic mass is 10.1. The highest BCUT2D eigenvalue weighted by Gasteiger charge is 2.23. The van der Waals surface area contributed by atoms with Crippen LogP contribution in [0.5, 0.6) is 0 Å². The van der Waals surface area contributed by atoms with Crippen LogP contribution < -0.4 is 15.4 Å². The first-order valence-electron chi connectivity index (χ1n) is 6.14. The Bertz CT molecular complexity index is 612. The molecule has 1 saturated heterocycles. The zero-order valence-corrected chi connectivity index (χ0v) is 12.5. The maximum absolute atomic E-state index is 12.0. The van der Waals surface area contributed by atoms with E-state index in [1.807, 2.05) is 0 Å². The SMILES string of the molecule is CS(=O)(=O)Nc1ccc(Cl)c(NC(=O)C2CCNC2)c1. The molecule has 1 aliphatic rings. The number of benzene rings is 1. The number of nitrogens with one attached hydrogen (secondary N) is 3. The number of amides is 1. The third-order valence-electron chi connectivity index (χ3n) is 2.96. The zero-order valence-electron chi connectivity index (χ0n) is 10.9. The summed E-state index contributed by atoms with van der Waals surface area (Å²) in [7, 11) is -3.37. The number of rotatable bonds is 4. The Hall–Kier alpha value is -1.31. The number of carbonyl (C=O) groups excluding carboxylic acids is 1. The fourth-order valence-electron chi connectivity index (χ4n) is 2.01. The quantitative estimate of drug-likeness (QED) is 0.780. The van der Waals surface area contributed by atoms with E-state index in [0.29, 0.717) is 22.9 Å². The van der Waals surface area contributed by atoms with Gasteiger partial charge in [0.05, 0.1) is 28.6 Å². The van der Waals surface area contributed by atoms with Crippen LogP contribution in [-0.4, -0.2) is 33.7 Å². The van der Waals surface area contributed by atoms with Gasteiger partial charge in [0.2, 0.25) is 15.9 Å². The first kappa shape index (κ1) is 15.1. The Morgan fingerprint density at radius 2 is 2.20 bits per heavy atom. The summed E-state index contributed by atoms with van der Waals surface area (Å²) >= 11 is 6.01. The van der Waals surface area contributed by atoms with Gasteiger partial charge >= 0.3 is 0 Å². The molecule has 1 aromatic carbocycles. The molecular weight excluding hydrogens is 302 g/mol. The Morgan fingerprint density at radius 1 is 1.45 bits per heavy atom. The number of sulfonamides is 1. The van der Waals surface area contributed by atoms with Crippen LogP contribution in [0.2, 0.25) is 5.02 Å². The third kappa shape index (κ3) is 4.09. The second-order valence-corrected chi connectivity index (χ2v) is 6.90. The molecule has 0 spiro atoms. The number of hydrogen-bond donors (Lipinski definition) is 3. The number of halogens is 1. The summed E-state index contributed by atoms with van der Waals surface area (Å²) < 4.78 is 24.7. The summed E-state index contributed by atoms with van der Waals surface area (Å²) in [5.41, 5.74) is 0.758. The number of carbonyl (C=O) groups is 1. The van der Waals surface area contributed by atoms with E-state index >= 15 is 0 Å². The molecule has 1 unspecified atom stereocenters. The van der Waals surface area contributed by atoms with Crippen LogP contribution in [0.1, 0.15) is 6.42 Å². The van der Waals surface area contributed by atoms with Crippen molar-refractivity contribution in [3.05, 3.63) is 23.2 Å². The molecule has 0 aliphatic carbocycles. The van der Waals surface area contributed by atoms with Crippen LogP contribution in [0.15, 0.2) is 18.2 Å². The molecular formula is C12H16ClN3O3S. The lowest BCUT2D eigenvalue weighted by molar-refractivity contribution is -0.119. The van der Waals surface area contributed by atoms with E-state index in [-0.39, 0.29) is 11.8 Å². The van der Waals surface area contributed by atoms with Crippen molar-refractivity contribution < 1.29 is 13.2 Å². The summed E-state index contributed by atoms with van der Waals surface area (Å²) in [4.78, 5) is 12.0. The maximum atomic E-state index is 12.0.